The monoisotopic (exact) mass is 452 g/mol. The van der Waals surface area contributed by atoms with Crippen LogP contribution in [0.15, 0.2) is 66.7 Å². The Morgan fingerprint density at radius 2 is 0.676 bits per heavy atom. The molecule has 0 aromatic heterocycles. The average Bonchev–Trinajstić information content (AvgIpc) is 2.80. The molecule has 4 aromatic carbocycles. The molecule has 0 atom stereocenters. The van der Waals surface area contributed by atoms with Crippen LogP contribution in [0.4, 0.5) is 0 Å². The molecule has 0 saturated heterocycles. The molecule has 3 heteroatoms. The zero-order valence-electron chi connectivity index (χ0n) is 20.7. The minimum absolute atomic E-state index is 0.293. The topological polar surface area (TPSA) is 60.7 Å². The third kappa shape index (κ3) is 3.62. The molecule has 0 aliphatic heterocycles. The van der Waals surface area contributed by atoms with Gasteiger partial charge in [0.2, 0.25) is 0 Å². The summed E-state index contributed by atoms with van der Waals surface area (Å²) in [5, 5.41) is 31.8. The minimum atomic E-state index is -0.739. The third-order valence-electron chi connectivity index (χ3n) is 6.98. The van der Waals surface area contributed by atoms with Gasteiger partial charge in [0.1, 0.15) is 17.2 Å². The van der Waals surface area contributed by atoms with Gasteiger partial charge in [-0.3, -0.25) is 0 Å². The van der Waals surface area contributed by atoms with Crippen molar-refractivity contribution >= 4 is 0 Å². The average molecular weight is 453 g/mol. The van der Waals surface area contributed by atoms with E-state index in [1.807, 2.05) is 96.1 Å². The molecule has 0 fully saturated rings. The van der Waals surface area contributed by atoms with Crippen LogP contribution < -0.4 is 0 Å². The standard InChI is InChI=1S/C31H32O3/c1-18-12-25(13-19(2)28(18)32)31(24-10-8-7-9-11-24,26-14-20(3)29(33)21(4)15-26)27-16-22(5)30(34)23(6)17-27/h7-17,32-34H,1-6H3. The van der Waals surface area contributed by atoms with Crippen LogP contribution in [0.25, 0.3) is 0 Å². The zero-order chi connectivity index (χ0) is 24.8. The molecule has 0 unspecified atom stereocenters. The fourth-order valence-electron chi connectivity index (χ4n) is 5.21. The van der Waals surface area contributed by atoms with Gasteiger partial charge in [0.15, 0.2) is 0 Å². The predicted molar refractivity (Wildman–Crippen MR) is 138 cm³/mol. The van der Waals surface area contributed by atoms with Gasteiger partial charge in [-0.1, -0.05) is 66.7 Å². The van der Waals surface area contributed by atoms with E-state index in [1.54, 1.807) is 0 Å². The fourth-order valence-corrected chi connectivity index (χ4v) is 5.21. The Morgan fingerprint density at radius 3 is 0.941 bits per heavy atom. The smallest absolute Gasteiger partial charge is 0.121 e. The lowest BCUT2D eigenvalue weighted by Crippen LogP contribution is -2.32. The molecule has 4 rings (SSSR count). The van der Waals surface area contributed by atoms with Crippen molar-refractivity contribution in [2.75, 3.05) is 0 Å². The van der Waals surface area contributed by atoms with Crippen LogP contribution in [-0.2, 0) is 5.41 Å². The maximum atomic E-state index is 10.6. The van der Waals surface area contributed by atoms with Crippen LogP contribution in [0.3, 0.4) is 0 Å². The van der Waals surface area contributed by atoms with E-state index in [4.69, 9.17) is 0 Å². The summed E-state index contributed by atoms with van der Waals surface area (Å²) in [6.45, 7) is 11.5. The Balaban J connectivity index is 2.27. The molecule has 0 saturated carbocycles. The zero-order valence-corrected chi connectivity index (χ0v) is 20.7. The van der Waals surface area contributed by atoms with Crippen molar-refractivity contribution in [2.45, 2.75) is 47.0 Å². The normalized spacial score (nSPS) is 11.6. The van der Waals surface area contributed by atoms with Gasteiger partial charge in [-0.05, 0) is 97.2 Å². The molecule has 174 valence electrons. The van der Waals surface area contributed by atoms with E-state index < -0.39 is 5.41 Å². The summed E-state index contributed by atoms with van der Waals surface area (Å²) in [4.78, 5) is 0. The quantitative estimate of drug-likeness (QED) is 0.291. The highest BCUT2D eigenvalue weighted by Gasteiger charge is 2.40. The van der Waals surface area contributed by atoms with E-state index in [-0.39, 0.29) is 0 Å². The molecule has 0 spiro atoms. The lowest BCUT2D eigenvalue weighted by atomic mass is 9.63. The van der Waals surface area contributed by atoms with Crippen molar-refractivity contribution in [2.24, 2.45) is 0 Å². The van der Waals surface area contributed by atoms with Crippen molar-refractivity contribution in [1.29, 1.82) is 0 Å². The van der Waals surface area contributed by atoms with Crippen LogP contribution in [0.5, 0.6) is 17.2 Å². The summed E-state index contributed by atoms with van der Waals surface area (Å²) in [6.07, 6.45) is 0. The molecule has 0 amide bonds. The minimum Gasteiger partial charge on any atom is -0.507 e. The summed E-state index contributed by atoms with van der Waals surface area (Å²) in [6, 6.07) is 22.6. The van der Waals surface area contributed by atoms with E-state index in [0.717, 1.165) is 55.6 Å². The number of benzene rings is 4. The first-order valence-electron chi connectivity index (χ1n) is 11.5. The number of rotatable bonds is 4. The van der Waals surface area contributed by atoms with Crippen LogP contribution in [0, 0.1) is 41.5 Å². The van der Waals surface area contributed by atoms with E-state index in [1.165, 1.54) is 0 Å². The lowest BCUT2D eigenvalue weighted by Gasteiger charge is -2.38. The van der Waals surface area contributed by atoms with Gasteiger partial charge in [-0.15, -0.1) is 0 Å². The van der Waals surface area contributed by atoms with Gasteiger partial charge in [0.05, 0.1) is 5.41 Å². The molecule has 34 heavy (non-hydrogen) atoms. The Bertz CT molecular complexity index is 1170. The maximum Gasteiger partial charge on any atom is 0.121 e. The van der Waals surface area contributed by atoms with Gasteiger partial charge in [0, 0.05) is 0 Å². The number of phenols is 3. The second-order valence-electron chi connectivity index (χ2n) is 9.49. The van der Waals surface area contributed by atoms with Crippen molar-refractivity contribution in [3.8, 4) is 17.2 Å². The first kappa shape index (κ1) is 23.4. The number of phenolic OH excluding ortho intramolecular Hbond substituents is 3. The molecule has 3 nitrogen and oxygen atoms in total. The van der Waals surface area contributed by atoms with Gasteiger partial charge < -0.3 is 15.3 Å². The molecular formula is C31H32O3. The van der Waals surface area contributed by atoms with Gasteiger partial charge in [-0.2, -0.15) is 0 Å². The molecule has 0 bridgehead atoms. The summed E-state index contributed by atoms with van der Waals surface area (Å²) >= 11 is 0. The molecular weight excluding hydrogens is 420 g/mol. The second kappa shape index (κ2) is 8.57. The SMILES string of the molecule is Cc1cc(C(c2ccccc2)(c2cc(C)c(O)c(C)c2)c2cc(C)c(O)c(C)c2)cc(C)c1O. The number of aromatic hydroxyl groups is 3. The summed E-state index contributed by atoms with van der Waals surface area (Å²) in [7, 11) is 0. The van der Waals surface area contributed by atoms with Crippen molar-refractivity contribution in [1.82, 2.24) is 0 Å². The molecule has 4 aromatic rings. The highest BCUT2D eigenvalue weighted by molar-refractivity contribution is 5.65. The van der Waals surface area contributed by atoms with Crippen molar-refractivity contribution < 1.29 is 15.3 Å². The van der Waals surface area contributed by atoms with Crippen molar-refractivity contribution in [3.05, 3.63) is 122 Å². The Labute approximate surface area is 202 Å². The maximum absolute atomic E-state index is 10.6. The van der Waals surface area contributed by atoms with Crippen LogP contribution in [0.2, 0.25) is 0 Å². The Kier molecular flexibility index (Phi) is 5.91. The number of hydrogen-bond acceptors (Lipinski definition) is 3. The lowest BCUT2D eigenvalue weighted by molar-refractivity contribution is 0.465. The Morgan fingerprint density at radius 1 is 0.412 bits per heavy atom. The molecule has 0 aliphatic rings. The van der Waals surface area contributed by atoms with Gasteiger partial charge >= 0.3 is 0 Å². The molecule has 3 N–H and O–H groups in total. The van der Waals surface area contributed by atoms with E-state index in [0.29, 0.717) is 17.2 Å². The highest BCUT2D eigenvalue weighted by Crippen LogP contribution is 2.49. The van der Waals surface area contributed by atoms with E-state index in [2.05, 4.69) is 12.1 Å². The van der Waals surface area contributed by atoms with Crippen molar-refractivity contribution in [3.63, 3.8) is 0 Å². The molecule has 0 heterocycles. The number of aryl methyl sites for hydroxylation is 6. The van der Waals surface area contributed by atoms with Gasteiger partial charge in [-0.25, -0.2) is 0 Å². The highest BCUT2D eigenvalue weighted by atomic mass is 16.3. The fraction of sp³-hybridized carbons (Fsp3) is 0.226. The summed E-state index contributed by atoms with van der Waals surface area (Å²) in [5.74, 6) is 0.880. The Hall–Kier alpha value is -3.72. The third-order valence-corrected chi connectivity index (χ3v) is 6.98. The van der Waals surface area contributed by atoms with Crippen LogP contribution in [-0.4, -0.2) is 15.3 Å². The first-order chi connectivity index (χ1) is 16.1. The van der Waals surface area contributed by atoms with Crippen LogP contribution in [0.1, 0.15) is 55.6 Å². The number of hydrogen-bond donors (Lipinski definition) is 3. The second-order valence-corrected chi connectivity index (χ2v) is 9.49. The summed E-state index contributed by atoms with van der Waals surface area (Å²) in [5.41, 5.74) is 8.17. The van der Waals surface area contributed by atoms with E-state index in [9.17, 15) is 15.3 Å². The van der Waals surface area contributed by atoms with Crippen LogP contribution >= 0.6 is 0 Å². The molecule has 0 aliphatic carbocycles. The van der Waals surface area contributed by atoms with Gasteiger partial charge in [0.25, 0.3) is 0 Å². The van der Waals surface area contributed by atoms with E-state index >= 15 is 0 Å². The predicted octanol–water partition coefficient (Wildman–Crippen LogP) is 7.04. The summed E-state index contributed by atoms with van der Waals surface area (Å²) < 4.78 is 0. The molecule has 0 radical (unpaired) electrons. The first-order valence-corrected chi connectivity index (χ1v) is 11.5. The largest absolute Gasteiger partial charge is 0.507 e.